The van der Waals surface area contributed by atoms with Gasteiger partial charge < -0.3 is 14.6 Å². The van der Waals surface area contributed by atoms with Crippen LogP contribution in [0.3, 0.4) is 0 Å². The van der Waals surface area contributed by atoms with Crippen molar-refractivity contribution in [2.45, 2.75) is 33.6 Å². The van der Waals surface area contributed by atoms with Crippen LogP contribution < -0.4 is 9.47 Å². The van der Waals surface area contributed by atoms with Gasteiger partial charge in [0.05, 0.1) is 18.1 Å². The second-order valence-corrected chi connectivity index (χ2v) is 8.50. The van der Waals surface area contributed by atoms with Gasteiger partial charge in [-0.3, -0.25) is 14.5 Å². The molecule has 1 N–H and O–H groups in total. The highest BCUT2D eigenvalue weighted by molar-refractivity contribution is 8.18. The molecule has 0 atom stereocenters. The van der Waals surface area contributed by atoms with Gasteiger partial charge >= 0.3 is 0 Å². The summed E-state index contributed by atoms with van der Waals surface area (Å²) in [6.07, 6.45) is 1.51. The van der Waals surface area contributed by atoms with Gasteiger partial charge in [-0.2, -0.15) is 0 Å². The topological polar surface area (TPSA) is 76.1 Å². The van der Waals surface area contributed by atoms with Gasteiger partial charge in [-0.1, -0.05) is 38.1 Å². The highest BCUT2D eigenvalue weighted by atomic mass is 32.2. The Labute approximate surface area is 186 Å². The first-order chi connectivity index (χ1) is 14.8. The van der Waals surface area contributed by atoms with E-state index in [4.69, 9.17) is 9.47 Å². The van der Waals surface area contributed by atoms with Crippen molar-refractivity contribution in [3.63, 3.8) is 0 Å². The number of hydrogen-bond acceptors (Lipinski definition) is 6. The lowest BCUT2D eigenvalue weighted by atomic mass is 10.0. The van der Waals surface area contributed by atoms with Gasteiger partial charge in [0.25, 0.3) is 11.1 Å². The number of amides is 2. The first kappa shape index (κ1) is 22.7. The number of aryl methyl sites for hydroxylation is 1. The number of ether oxygens (including phenoxy) is 2. The number of phenolic OH excluding ortho intramolecular Hbond substituents is 1. The molecular weight excluding hydrogens is 414 g/mol. The van der Waals surface area contributed by atoms with E-state index in [-0.39, 0.29) is 29.0 Å². The Kier molecular flexibility index (Phi) is 7.28. The average molecular weight is 442 g/mol. The summed E-state index contributed by atoms with van der Waals surface area (Å²) < 4.78 is 11.3. The molecule has 2 aromatic rings. The minimum absolute atomic E-state index is 0.0554. The van der Waals surface area contributed by atoms with E-state index in [2.05, 4.69) is 13.8 Å². The van der Waals surface area contributed by atoms with Crippen molar-refractivity contribution in [1.82, 2.24) is 4.90 Å². The molecule has 1 aliphatic rings. The van der Waals surface area contributed by atoms with Crippen molar-refractivity contribution in [1.29, 1.82) is 0 Å². The Morgan fingerprint density at radius 3 is 2.61 bits per heavy atom. The van der Waals surface area contributed by atoms with E-state index in [0.717, 1.165) is 28.6 Å². The number of carbonyl (C=O) groups is 2. The minimum Gasteiger partial charge on any atom is -0.504 e. The van der Waals surface area contributed by atoms with E-state index in [1.165, 1.54) is 11.0 Å². The molecule has 1 heterocycles. The fourth-order valence-corrected chi connectivity index (χ4v) is 4.11. The summed E-state index contributed by atoms with van der Waals surface area (Å²) >= 11 is 0.852. The number of carbonyl (C=O) groups excluding carboxylic acids is 2. The molecule has 2 aromatic carbocycles. The lowest BCUT2D eigenvalue weighted by Gasteiger charge is -2.17. The second-order valence-electron chi connectivity index (χ2n) is 7.50. The van der Waals surface area contributed by atoms with Crippen molar-refractivity contribution < 1.29 is 24.2 Å². The van der Waals surface area contributed by atoms with E-state index >= 15 is 0 Å². The standard InChI is InChI=1S/C24H27NO5S/c1-5-29-19-8-6-7-17(22(19)26)14-21-23(27)25(24(28)31-21)11-12-30-20-13-16(4)9-10-18(20)15(2)3/h6-10,13-15,26H,5,11-12H2,1-4H3/b21-14-. The first-order valence-corrected chi connectivity index (χ1v) is 11.1. The second kappa shape index (κ2) is 9.92. The van der Waals surface area contributed by atoms with Crippen LogP contribution in [0.4, 0.5) is 4.79 Å². The van der Waals surface area contributed by atoms with Crippen LogP contribution in [0.25, 0.3) is 6.08 Å². The van der Waals surface area contributed by atoms with Crippen molar-refractivity contribution in [2.24, 2.45) is 0 Å². The van der Waals surface area contributed by atoms with Crippen LogP contribution in [0.5, 0.6) is 17.2 Å². The minimum atomic E-state index is -0.395. The summed E-state index contributed by atoms with van der Waals surface area (Å²) in [5.41, 5.74) is 2.60. The van der Waals surface area contributed by atoms with Crippen LogP contribution in [0.15, 0.2) is 41.3 Å². The summed E-state index contributed by atoms with van der Waals surface area (Å²) in [6, 6.07) is 11.1. The lowest BCUT2D eigenvalue weighted by Crippen LogP contribution is -2.32. The number of aromatic hydroxyl groups is 1. The molecule has 0 aliphatic carbocycles. The van der Waals surface area contributed by atoms with Gasteiger partial charge in [-0.15, -0.1) is 0 Å². The van der Waals surface area contributed by atoms with Crippen LogP contribution in [-0.2, 0) is 4.79 Å². The molecule has 0 spiro atoms. The monoisotopic (exact) mass is 441 g/mol. The molecule has 0 unspecified atom stereocenters. The summed E-state index contributed by atoms with van der Waals surface area (Å²) in [5, 5.41) is 10.00. The number of para-hydroxylation sites is 1. The van der Waals surface area contributed by atoms with Gasteiger partial charge in [0.2, 0.25) is 0 Å². The number of thioether (sulfide) groups is 1. The predicted molar refractivity (Wildman–Crippen MR) is 123 cm³/mol. The summed E-state index contributed by atoms with van der Waals surface area (Å²) in [5.74, 6) is 0.960. The van der Waals surface area contributed by atoms with Gasteiger partial charge in [-0.05, 0) is 60.9 Å². The molecular formula is C24H27NO5S. The maximum atomic E-state index is 12.8. The fraction of sp³-hybridized carbons (Fsp3) is 0.333. The summed E-state index contributed by atoms with van der Waals surface area (Å²) in [6.45, 7) is 8.77. The quantitative estimate of drug-likeness (QED) is 0.558. The molecule has 1 fully saturated rings. The van der Waals surface area contributed by atoms with Crippen molar-refractivity contribution in [2.75, 3.05) is 19.8 Å². The van der Waals surface area contributed by atoms with Crippen LogP contribution in [0, 0.1) is 6.92 Å². The lowest BCUT2D eigenvalue weighted by molar-refractivity contribution is -0.123. The Morgan fingerprint density at radius 1 is 1.13 bits per heavy atom. The number of phenols is 1. The van der Waals surface area contributed by atoms with Crippen LogP contribution in [0.1, 0.15) is 43.4 Å². The van der Waals surface area contributed by atoms with Crippen molar-refractivity contribution >= 4 is 29.0 Å². The molecule has 7 heteroatoms. The highest BCUT2D eigenvalue weighted by Gasteiger charge is 2.35. The Hall–Kier alpha value is -2.93. The SMILES string of the molecule is CCOc1cccc(/C=C2\SC(=O)N(CCOc3cc(C)ccc3C(C)C)C2=O)c1O. The fourth-order valence-electron chi connectivity index (χ4n) is 3.25. The average Bonchev–Trinajstić information content (AvgIpc) is 2.98. The number of imide groups is 1. The smallest absolute Gasteiger partial charge is 0.293 e. The summed E-state index contributed by atoms with van der Waals surface area (Å²) in [7, 11) is 0. The molecule has 1 aliphatic heterocycles. The normalized spacial score (nSPS) is 15.3. The molecule has 1 saturated heterocycles. The van der Waals surface area contributed by atoms with Crippen molar-refractivity contribution in [3.05, 3.63) is 58.0 Å². The van der Waals surface area contributed by atoms with Crippen molar-refractivity contribution in [3.8, 4) is 17.2 Å². The van der Waals surface area contributed by atoms with Crippen LogP contribution in [0.2, 0.25) is 0 Å². The number of rotatable bonds is 8. The maximum absolute atomic E-state index is 12.8. The van der Waals surface area contributed by atoms with E-state index in [1.54, 1.807) is 18.2 Å². The molecule has 164 valence electrons. The zero-order valence-electron chi connectivity index (χ0n) is 18.2. The van der Waals surface area contributed by atoms with E-state index < -0.39 is 5.91 Å². The molecule has 0 aromatic heterocycles. The maximum Gasteiger partial charge on any atom is 0.293 e. The number of nitrogens with zero attached hydrogens (tertiary/aromatic N) is 1. The Bertz CT molecular complexity index is 1020. The zero-order chi connectivity index (χ0) is 22.5. The third-order valence-electron chi connectivity index (χ3n) is 4.85. The molecule has 0 bridgehead atoms. The zero-order valence-corrected chi connectivity index (χ0v) is 19.0. The highest BCUT2D eigenvalue weighted by Crippen LogP contribution is 2.36. The number of benzene rings is 2. The third kappa shape index (κ3) is 5.22. The van der Waals surface area contributed by atoms with Gasteiger partial charge in [0.15, 0.2) is 11.5 Å². The predicted octanol–water partition coefficient (Wildman–Crippen LogP) is 5.34. The molecule has 6 nitrogen and oxygen atoms in total. The molecule has 0 radical (unpaired) electrons. The van der Waals surface area contributed by atoms with Gasteiger partial charge in [0, 0.05) is 5.56 Å². The van der Waals surface area contributed by atoms with Gasteiger partial charge in [0.1, 0.15) is 12.4 Å². The van der Waals surface area contributed by atoms with E-state index in [1.807, 2.05) is 32.0 Å². The van der Waals surface area contributed by atoms with Crippen LogP contribution in [-0.4, -0.2) is 40.9 Å². The Balaban J connectivity index is 1.70. The van der Waals surface area contributed by atoms with E-state index in [9.17, 15) is 14.7 Å². The molecule has 31 heavy (non-hydrogen) atoms. The van der Waals surface area contributed by atoms with E-state index in [0.29, 0.717) is 23.8 Å². The van der Waals surface area contributed by atoms with Gasteiger partial charge in [-0.25, -0.2) is 0 Å². The molecule has 3 rings (SSSR count). The molecule has 0 saturated carbocycles. The first-order valence-electron chi connectivity index (χ1n) is 10.2. The summed E-state index contributed by atoms with van der Waals surface area (Å²) in [4.78, 5) is 26.6. The Morgan fingerprint density at radius 2 is 1.90 bits per heavy atom. The third-order valence-corrected chi connectivity index (χ3v) is 5.76. The molecule has 2 amide bonds. The van der Waals surface area contributed by atoms with Crippen LogP contribution >= 0.6 is 11.8 Å². The largest absolute Gasteiger partial charge is 0.504 e. The number of hydrogen-bond donors (Lipinski definition) is 1.